The maximum absolute atomic E-state index is 12.4. The Labute approximate surface area is 199 Å². The zero-order valence-corrected chi connectivity index (χ0v) is 19.4. The van der Waals surface area contributed by atoms with Gasteiger partial charge in [0, 0.05) is 47.7 Å². The number of nitrogens with one attached hydrogen (secondary N) is 2. The molecule has 4 aromatic rings. The first-order valence-corrected chi connectivity index (χ1v) is 11.5. The zero-order valence-electron chi connectivity index (χ0n) is 19.4. The van der Waals surface area contributed by atoms with E-state index in [-0.39, 0.29) is 5.91 Å². The Bertz CT molecular complexity index is 1290. The lowest BCUT2D eigenvalue weighted by Crippen LogP contribution is -2.31. The molecular formula is C27H28N6O. The van der Waals surface area contributed by atoms with Crippen molar-refractivity contribution in [2.45, 2.75) is 12.5 Å². The molecule has 2 aromatic heterocycles. The highest BCUT2D eigenvalue weighted by molar-refractivity contribution is 6.04. The third-order valence-corrected chi connectivity index (χ3v) is 6.26. The molecule has 1 unspecified atom stereocenters. The third-order valence-electron chi connectivity index (χ3n) is 6.26. The highest BCUT2D eigenvalue weighted by Crippen LogP contribution is 2.28. The molecule has 1 amide bonds. The smallest absolute Gasteiger partial charge is 0.255 e. The van der Waals surface area contributed by atoms with Crippen LogP contribution in [-0.4, -0.2) is 54.0 Å². The summed E-state index contributed by atoms with van der Waals surface area (Å²) < 4.78 is 0. The maximum Gasteiger partial charge on any atom is 0.255 e. The number of pyridine rings is 2. The molecule has 1 aliphatic heterocycles. The van der Waals surface area contributed by atoms with Crippen molar-refractivity contribution in [3.63, 3.8) is 0 Å². The monoisotopic (exact) mass is 452 g/mol. The van der Waals surface area contributed by atoms with Gasteiger partial charge in [0.1, 0.15) is 5.82 Å². The maximum atomic E-state index is 12.4. The van der Waals surface area contributed by atoms with Gasteiger partial charge in [-0.1, -0.05) is 18.2 Å². The van der Waals surface area contributed by atoms with E-state index in [0.29, 0.717) is 11.6 Å². The van der Waals surface area contributed by atoms with Crippen LogP contribution in [-0.2, 0) is 0 Å². The second-order valence-electron chi connectivity index (χ2n) is 8.77. The van der Waals surface area contributed by atoms with Crippen molar-refractivity contribution in [3.8, 4) is 0 Å². The van der Waals surface area contributed by atoms with E-state index in [9.17, 15) is 4.79 Å². The van der Waals surface area contributed by atoms with Crippen molar-refractivity contribution >= 4 is 39.8 Å². The van der Waals surface area contributed by atoms with Crippen LogP contribution in [0.5, 0.6) is 0 Å². The van der Waals surface area contributed by atoms with Crippen LogP contribution >= 0.6 is 0 Å². The molecule has 2 N–H and O–H groups in total. The van der Waals surface area contributed by atoms with Crippen LogP contribution in [0, 0.1) is 0 Å². The van der Waals surface area contributed by atoms with E-state index in [2.05, 4.69) is 51.6 Å². The number of aromatic nitrogens is 2. The molecule has 7 nitrogen and oxygen atoms in total. The van der Waals surface area contributed by atoms with Crippen LogP contribution < -0.4 is 15.5 Å². The van der Waals surface area contributed by atoms with E-state index >= 15 is 0 Å². The molecular weight excluding hydrogens is 424 g/mol. The number of fused-ring (bicyclic) bond motifs is 1. The molecule has 1 fully saturated rings. The van der Waals surface area contributed by atoms with Crippen molar-refractivity contribution in [1.29, 1.82) is 0 Å². The second-order valence-corrected chi connectivity index (χ2v) is 8.77. The summed E-state index contributed by atoms with van der Waals surface area (Å²) in [5.41, 5.74) is 3.96. The first kappa shape index (κ1) is 21.9. The number of hydrogen-bond acceptors (Lipinski definition) is 6. The zero-order chi connectivity index (χ0) is 23.5. The number of carbonyl (C=O) groups is 1. The number of carbonyl (C=O) groups excluding carboxylic acids is 1. The van der Waals surface area contributed by atoms with Crippen molar-refractivity contribution in [2.75, 3.05) is 42.7 Å². The average molecular weight is 453 g/mol. The van der Waals surface area contributed by atoms with Crippen LogP contribution in [0.15, 0.2) is 79.0 Å². The molecule has 5 rings (SSSR count). The van der Waals surface area contributed by atoms with Gasteiger partial charge in [0.05, 0.1) is 5.69 Å². The minimum atomic E-state index is -0.127. The number of amides is 1. The summed E-state index contributed by atoms with van der Waals surface area (Å²) in [6, 6.07) is 23.5. The number of likely N-dealkylation sites (N-methyl/N-ethyl adjacent to an activating group) is 1. The average Bonchev–Trinajstić information content (AvgIpc) is 3.37. The first-order valence-electron chi connectivity index (χ1n) is 11.5. The summed E-state index contributed by atoms with van der Waals surface area (Å²) in [6.07, 6.45) is 2.92. The molecule has 3 heterocycles. The van der Waals surface area contributed by atoms with Gasteiger partial charge in [0.2, 0.25) is 0 Å². The molecule has 0 saturated carbocycles. The van der Waals surface area contributed by atoms with E-state index in [0.717, 1.165) is 53.4 Å². The first-order chi connectivity index (χ1) is 16.6. The Hall–Kier alpha value is -3.97. The predicted octanol–water partition coefficient (Wildman–Crippen LogP) is 4.77. The molecule has 7 heteroatoms. The van der Waals surface area contributed by atoms with Crippen LogP contribution in [0.3, 0.4) is 0 Å². The van der Waals surface area contributed by atoms with Gasteiger partial charge in [-0.05, 0) is 75.1 Å². The number of benzene rings is 2. The minimum Gasteiger partial charge on any atom is -0.355 e. The molecule has 1 saturated heterocycles. The summed E-state index contributed by atoms with van der Waals surface area (Å²) in [5, 5.41) is 7.35. The van der Waals surface area contributed by atoms with E-state index < -0.39 is 0 Å². The highest BCUT2D eigenvalue weighted by atomic mass is 16.1. The SMILES string of the molecule is CN(C)C1CCN(c2ccc3c(Nc4ccc(NC(=O)c5ccccc5)cc4)ccnc3n2)C1. The van der Waals surface area contributed by atoms with Crippen LogP contribution in [0.2, 0.25) is 0 Å². The standard InChI is InChI=1S/C27H28N6O/c1-32(2)22-15-17-33(18-22)25-13-12-23-24(14-16-28-26(23)31-25)29-20-8-10-21(11-9-20)30-27(34)19-6-4-3-5-7-19/h3-14,16,22H,15,17-18H2,1-2H3,(H,30,34)(H,28,29,31). The molecule has 1 aliphatic rings. The van der Waals surface area contributed by atoms with Crippen LogP contribution in [0.25, 0.3) is 11.0 Å². The fourth-order valence-electron chi connectivity index (χ4n) is 4.26. The normalized spacial score (nSPS) is 15.6. The van der Waals surface area contributed by atoms with Gasteiger partial charge < -0.3 is 20.4 Å². The molecule has 172 valence electrons. The van der Waals surface area contributed by atoms with E-state index in [1.54, 1.807) is 18.3 Å². The van der Waals surface area contributed by atoms with Crippen molar-refractivity contribution in [2.24, 2.45) is 0 Å². The molecule has 0 spiro atoms. The lowest BCUT2D eigenvalue weighted by molar-refractivity contribution is 0.102. The predicted molar refractivity (Wildman–Crippen MR) is 138 cm³/mol. The van der Waals surface area contributed by atoms with Crippen LogP contribution in [0.1, 0.15) is 16.8 Å². The van der Waals surface area contributed by atoms with Crippen molar-refractivity contribution < 1.29 is 4.79 Å². The van der Waals surface area contributed by atoms with Crippen molar-refractivity contribution in [3.05, 3.63) is 84.6 Å². The van der Waals surface area contributed by atoms with Crippen molar-refractivity contribution in [1.82, 2.24) is 14.9 Å². The number of nitrogens with zero attached hydrogens (tertiary/aromatic N) is 4. The lowest BCUT2D eigenvalue weighted by atomic mass is 10.2. The summed E-state index contributed by atoms with van der Waals surface area (Å²) >= 11 is 0. The van der Waals surface area contributed by atoms with Gasteiger partial charge in [0.15, 0.2) is 5.65 Å². The summed E-state index contributed by atoms with van der Waals surface area (Å²) in [7, 11) is 4.26. The summed E-state index contributed by atoms with van der Waals surface area (Å²) in [5.74, 6) is 0.846. The number of rotatable bonds is 6. The van der Waals surface area contributed by atoms with Gasteiger partial charge in [-0.2, -0.15) is 0 Å². The molecule has 2 aromatic carbocycles. The van der Waals surface area contributed by atoms with Gasteiger partial charge in [-0.3, -0.25) is 4.79 Å². The Balaban J connectivity index is 1.29. The lowest BCUT2D eigenvalue weighted by Gasteiger charge is -2.21. The Morgan fingerprint density at radius 3 is 2.47 bits per heavy atom. The molecule has 0 aliphatic carbocycles. The molecule has 0 radical (unpaired) electrons. The van der Waals surface area contributed by atoms with E-state index in [1.165, 1.54) is 0 Å². The highest BCUT2D eigenvalue weighted by Gasteiger charge is 2.25. The Kier molecular flexibility index (Phi) is 6.10. The molecule has 0 bridgehead atoms. The third kappa shape index (κ3) is 4.70. The second kappa shape index (κ2) is 9.49. The number of hydrogen-bond donors (Lipinski definition) is 2. The van der Waals surface area contributed by atoms with Gasteiger partial charge in [-0.15, -0.1) is 0 Å². The fourth-order valence-corrected chi connectivity index (χ4v) is 4.26. The number of anilines is 4. The largest absolute Gasteiger partial charge is 0.355 e. The van der Waals surface area contributed by atoms with E-state index in [4.69, 9.17) is 4.98 Å². The Morgan fingerprint density at radius 1 is 0.971 bits per heavy atom. The quantitative estimate of drug-likeness (QED) is 0.439. The summed E-state index contributed by atoms with van der Waals surface area (Å²) in [4.78, 5) is 26.3. The van der Waals surface area contributed by atoms with E-state index in [1.807, 2.05) is 48.5 Å². The van der Waals surface area contributed by atoms with Gasteiger partial charge in [0.25, 0.3) is 5.91 Å². The fraction of sp³-hybridized carbons (Fsp3) is 0.222. The molecule has 1 atom stereocenters. The molecule has 34 heavy (non-hydrogen) atoms. The van der Waals surface area contributed by atoms with Gasteiger partial charge >= 0.3 is 0 Å². The summed E-state index contributed by atoms with van der Waals surface area (Å²) in [6.45, 7) is 1.99. The topological polar surface area (TPSA) is 73.4 Å². The Morgan fingerprint density at radius 2 is 1.74 bits per heavy atom. The minimum absolute atomic E-state index is 0.127. The van der Waals surface area contributed by atoms with Crippen LogP contribution in [0.4, 0.5) is 22.9 Å². The van der Waals surface area contributed by atoms with Gasteiger partial charge in [-0.25, -0.2) is 9.97 Å².